The molecule has 11 heteroatoms. The van der Waals surface area contributed by atoms with Crippen molar-refractivity contribution >= 4 is 73.7 Å². The second-order valence-electron chi connectivity index (χ2n) is 7.79. The zero-order valence-corrected chi connectivity index (χ0v) is 22.2. The Morgan fingerprint density at radius 3 is 2.26 bits per heavy atom. The van der Waals surface area contributed by atoms with Crippen LogP contribution in [0.15, 0.2) is 64.6 Å². The summed E-state index contributed by atoms with van der Waals surface area (Å²) in [5.74, 6) is 0. The number of hydrazone groups is 1. The number of hydrogen-bond acceptors (Lipinski definition) is 4. The quantitative estimate of drug-likeness (QED) is 0.321. The predicted octanol–water partition coefficient (Wildman–Crippen LogP) is 7.37. The minimum atomic E-state index is -4.09. The van der Waals surface area contributed by atoms with Crippen LogP contribution in [0, 0.1) is 6.92 Å². The number of nitrogens with zero attached hydrogens (tertiary/aromatic N) is 1. The molecule has 1 heterocycles. The Balaban J connectivity index is 1.71. The average Bonchev–Trinajstić information content (AvgIpc) is 3.25. The van der Waals surface area contributed by atoms with Crippen LogP contribution in [0.1, 0.15) is 35.2 Å². The SMILES string of the molecule is Cc1cc(S(=O)(=O)NC(C2=NNC(c3ccc(Cl)cc3)C2)c2ccc(Cl)cc2Cl)c(Cl)cc1Cl. The van der Waals surface area contributed by atoms with E-state index in [0.717, 1.165) is 5.56 Å². The van der Waals surface area contributed by atoms with Gasteiger partial charge in [0, 0.05) is 26.5 Å². The first kappa shape index (κ1) is 25.6. The first-order valence-corrected chi connectivity index (χ1v) is 13.4. The summed E-state index contributed by atoms with van der Waals surface area (Å²) in [6.07, 6.45) is 0.432. The highest BCUT2D eigenvalue weighted by molar-refractivity contribution is 7.89. The van der Waals surface area contributed by atoms with Crippen molar-refractivity contribution in [3.05, 3.63) is 96.4 Å². The molecule has 2 atom stereocenters. The van der Waals surface area contributed by atoms with E-state index in [4.69, 9.17) is 58.0 Å². The van der Waals surface area contributed by atoms with Gasteiger partial charge in [-0.2, -0.15) is 9.82 Å². The number of aryl methyl sites for hydroxylation is 1. The fourth-order valence-electron chi connectivity index (χ4n) is 3.63. The molecule has 178 valence electrons. The van der Waals surface area contributed by atoms with Crippen molar-refractivity contribution in [1.29, 1.82) is 0 Å². The van der Waals surface area contributed by atoms with Gasteiger partial charge in [0.15, 0.2) is 0 Å². The number of halogens is 5. The van der Waals surface area contributed by atoms with Crippen LogP contribution in [0.3, 0.4) is 0 Å². The summed E-state index contributed by atoms with van der Waals surface area (Å²) in [6, 6.07) is 14.0. The Labute approximate surface area is 223 Å². The first-order valence-electron chi connectivity index (χ1n) is 10.1. The lowest BCUT2D eigenvalue weighted by atomic mass is 9.96. The second-order valence-corrected chi connectivity index (χ2v) is 11.6. The Bertz CT molecular complexity index is 1380. The van der Waals surface area contributed by atoms with Crippen molar-refractivity contribution in [2.45, 2.75) is 30.3 Å². The Morgan fingerprint density at radius 1 is 0.912 bits per heavy atom. The molecule has 5 nitrogen and oxygen atoms in total. The summed E-state index contributed by atoms with van der Waals surface area (Å²) in [5.41, 5.74) is 5.67. The van der Waals surface area contributed by atoms with Gasteiger partial charge >= 0.3 is 0 Å². The molecule has 0 bridgehead atoms. The Morgan fingerprint density at radius 2 is 1.59 bits per heavy atom. The molecule has 0 aliphatic carbocycles. The van der Waals surface area contributed by atoms with E-state index in [1.54, 1.807) is 37.3 Å². The van der Waals surface area contributed by atoms with Crippen molar-refractivity contribution in [3.8, 4) is 0 Å². The molecule has 2 N–H and O–H groups in total. The third-order valence-electron chi connectivity index (χ3n) is 5.43. The van der Waals surface area contributed by atoms with Gasteiger partial charge in [-0.3, -0.25) is 0 Å². The molecule has 34 heavy (non-hydrogen) atoms. The van der Waals surface area contributed by atoms with Gasteiger partial charge in [0.05, 0.1) is 22.8 Å². The molecular weight excluding hydrogens is 560 g/mol. The lowest BCUT2D eigenvalue weighted by Gasteiger charge is -2.21. The fraction of sp³-hybridized carbons (Fsp3) is 0.174. The van der Waals surface area contributed by atoms with Gasteiger partial charge in [0.1, 0.15) is 4.90 Å². The van der Waals surface area contributed by atoms with Crippen LogP contribution in [0.5, 0.6) is 0 Å². The molecule has 2 unspecified atom stereocenters. The topological polar surface area (TPSA) is 70.6 Å². The maximum atomic E-state index is 13.4. The zero-order valence-electron chi connectivity index (χ0n) is 17.6. The van der Waals surface area contributed by atoms with Crippen molar-refractivity contribution in [2.24, 2.45) is 5.10 Å². The standard InChI is InChI=1S/C23H18Cl5N3O2S/c1-12-8-22(19(28)10-17(12)26)34(32,33)31-23(16-7-6-15(25)9-18(16)27)21-11-20(29-30-21)13-2-4-14(24)5-3-13/h2-10,20,23,29,31H,11H2,1H3. The summed E-state index contributed by atoms with van der Waals surface area (Å²) in [4.78, 5) is -0.0908. The molecule has 0 saturated heterocycles. The summed E-state index contributed by atoms with van der Waals surface area (Å²) >= 11 is 30.9. The third-order valence-corrected chi connectivity index (χ3v) is 8.54. The molecule has 0 spiro atoms. The second kappa shape index (κ2) is 10.2. The molecule has 4 rings (SSSR count). The van der Waals surface area contributed by atoms with Gasteiger partial charge in [-0.25, -0.2) is 8.42 Å². The number of benzene rings is 3. The van der Waals surface area contributed by atoms with Gasteiger partial charge < -0.3 is 5.43 Å². The largest absolute Gasteiger partial charge is 0.302 e. The van der Waals surface area contributed by atoms with Crippen molar-refractivity contribution < 1.29 is 8.42 Å². The van der Waals surface area contributed by atoms with Crippen molar-refractivity contribution in [2.75, 3.05) is 0 Å². The van der Waals surface area contributed by atoms with Crippen LogP contribution in [0.4, 0.5) is 0 Å². The fourth-order valence-corrected chi connectivity index (χ4v) is 6.31. The number of rotatable bonds is 6. The summed E-state index contributed by atoms with van der Waals surface area (Å²) in [7, 11) is -4.09. The van der Waals surface area contributed by atoms with Gasteiger partial charge in [0.2, 0.25) is 10.0 Å². The molecule has 0 radical (unpaired) electrons. The highest BCUT2D eigenvalue weighted by atomic mass is 35.5. The van der Waals surface area contributed by atoms with Gasteiger partial charge in [-0.1, -0.05) is 76.2 Å². The van der Waals surface area contributed by atoms with Crippen LogP contribution in [0.2, 0.25) is 25.1 Å². The highest BCUT2D eigenvalue weighted by Gasteiger charge is 2.33. The molecule has 0 amide bonds. The normalized spacial score (nSPS) is 16.8. The highest BCUT2D eigenvalue weighted by Crippen LogP contribution is 2.35. The average molecular weight is 578 g/mol. The van der Waals surface area contributed by atoms with E-state index in [1.165, 1.54) is 12.1 Å². The number of nitrogens with one attached hydrogen (secondary N) is 2. The van der Waals surface area contributed by atoms with E-state index in [1.807, 2.05) is 12.1 Å². The summed E-state index contributed by atoms with van der Waals surface area (Å²) < 4.78 is 29.6. The van der Waals surface area contributed by atoms with E-state index in [0.29, 0.717) is 43.3 Å². The molecule has 0 saturated carbocycles. The van der Waals surface area contributed by atoms with E-state index >= 15 is 0 Å². The monoisotopic (exact) mass is 575 g/mol. The lowest BCUT2D eigenvalue weighted by Crippen LogP contribution is -2.34. The number of hydrogen-bond donors (Lipinski definition) is 2. The smallest absolute Gasteiger partial charge is 0.242 e. The maximum absolute atomic E-state index is 13.4. The first-order chi connectivity index (χ1) is 16.0. The van der Waals surface area contributed by atoms with Crippen molar-refractivity contribution in [1.82, 2.24) is 10.1 Å². The van der Waals surface area contributed by atoms with Gasteiger partial charge in [0.25, 0.3) is 0 Å². The van der Waals surface area contributed by atoms with Gasteiger partial charge in [-0.15, -0.1) is 0 Å². The molecule has 3 aromatic carbocycles. The lowest BCUT2D eigenvalue weighted by molar-refractivity contribution is 0.576. The van der Waals surface area contributed by atoms with E-state index in [-0.39, 0.29) is 16.0 Å². The van der Waals surface area contributed by atoms with Crippen LogP contribution in [-0.2, 0) is 10.0 Å². The minimum Gasteiger partial charge on any atom is -0.302 e. The summed E-state index contributed by atoms with van der Waals surface area (Å²) in [6.45, 7) is 1.70. The Kier molecular flexibility index (Phi) is 7.70. The third kappa shape index (κ3) is 5.49. The van der Waals surface area contributed by atoms with Crippen LogP contribution in [-0.4, -0.2) is 14.1 Å². The van der Waals surface area contributed by atoms with E-state index in [9.17, 15) is 8.42 Å². The maximum Gasteiger partial charge on any atom is 0.242 e. The molecular formula is C23H18Cl5N3O2S. The van der Waals surface area contributed by atoms with Crippen LogP contribution < -0.4 is 10.1 Å². The molecule has 1 aliphatic heterocycles. The van der Waals surface area contributed by atoms with Crippen LogP contribution >= 0.6 is 58.0 Å². The zero-order chi connectivity index (χ0) is 24.6. The Hall–Kier alpha value is -1.51. The summed E-state index contributed by atoms with van der Waals surface area (Å²) in [5, 5.41) is 6.18. The van der Waals surface area contributed by atoms with Gasteiger partial charge in [-0.05, 0) is 60.0 Å². The number of sulfonamides is 1. The van der Waals surface area contributed by atoms with Crippen LogP contribution in [0.25, 0.3) is 0 Å². The predicted molar refractivity (Wildman–Crippen MR) is 140 cm³/mol. The van der Waals surface area contributed by atoms with E-state index < -0.39 is 16.1 Å². The molecule has 1 aliphatic rings. The van der Waals surface area contributed by atoms with E-state index in [2.05, 4.69) is 15.2 Å². The molecule has 0 aromatic heterocycles. The van der Waals surface area contributed by atoms with Crippen molar-refractivity contribution in [3.63, 3.8) is 0 Å². The molecule has 0 fully saturated rings. The minimum absolute atomic E-state index is 0.00887. The molecule has 3 aromatic rings.